The van der Waals surface area contributed by atoms with E-state index in [9.17, 15) is 29.1 Å². The Kier molecular flexibility index (Phi) is 19.1. The number of aromatic nitrogens is 7. The van der Waals surface area contributed by atoms with Gasteiger partial charge >= 0.3 is 6.09 Å². The molecule has 0 saturated carbocycles. The number of nitrogens with zero attached hydrogens (tertiary/aromatic N) is 11. The number of hydrogen-bond acceptors (Lipinski definition) is 19. The number of amides is 4. The van der Waals surface area contributed by atoms with Crippen LogP contribution in [0.25, 0.3) is 27.3 Å². The average Bonchev–Trinajstić information content (AvgIpc) is 4.19. The number of rotatable bonds is 14. The minimum atomic E-state index is -0.534. The van der Waals surface area contributed by atoms with E-state index in [0.29, 0.717) is 80.0 Å². The first-order valence-electron chi connectivity index (χ1n) is 25.2. The number of aryl methyl sites for hydroxylation is 1. The van der Waals surface area contributed by atoms with Crippen LogP contribution in [0.5, 0.6) is 11.6 Å². The van der Waals surface area contributed by atoms with Crippen molar-refractivity contribution in [1.29, 1.82) is 0 Å². The number of imidazole rings is 1. The third-order valence-electron chi connectivity index (χ3n) is 12.5. The normalized spacial score (nSPS) is 16.2. The molecule has 6 aromatic rings. The largest absolute Gasteiger partial charge is 0.481 e. The quantitative estimate of drug-likeness (QED) is 0.108. The van der Waals surface area contributed by atoms with Crippen LogP contribution in [-0.2, 0) is 30.5 Å². The molecule has 1 atom stereocenters. The van der Waals surface area contributed by atoms with Crippen molar-refractivity contribution in [2.75, 3.05) is 87.7 Å². The number of ether oxygens (including phenoxy) is 3. The Balaban J connectivity index is 0.000000155. The van der Waals surface area contributed by atoms with Crippen molar-refractivity contribution in [2.45, 2.75) is 73.1 Å². The van der Waals surface area contributed by atoms with Crippen molar-refractivity contribution in [3.05, 3.63) is 84.3 Å². The molecule has 24 heteroatoms. The van der Waals surface area contributed by atoms with Crippen LogP contribution in [0.3, 0.4) is 0 Å². The van der Waals surface area contributed by atoms with Gasteiger partial charge in [-0.05, 0) is 49.8 Å². The zero-order valence-corrected chi connectivity index (χ0v) is 45.4. The molecule has 0 bridgehead atoms. The summed E-state index contributed by atoms with van der Waals surface area (Å²) in [7, 11) is 1.81. The molecule has 0 radical (unpaired) electrons. The molecule has 4 amide bonds. The van der Waals surface area contributed by atoms with Gasteiger partial charge in [-0.25, -0.2) is 29.7 Å². The molecule has 4 aliphatic heterocycles. The van der Waals surface area contributed by atoms with Crippen LogP contribution in [0, 0.1) is 17.8 Å². The van der Waals surface area contributed by atoms with Crippen LogP contribution < -0.4 is 35.6 Å². The molecular formula is C53H68N14O9S. The highest BCUT2D eigenvalue weighted by atomic mass is 32.1. The fourth-order valence-electron chi connectivity index (χ4n) is 8.85. The molecule has 1 spiro atoms. The molecule has 410 valence electrons. The molecular weight excluding hydrogens is 1010 g/mol. The summed E-state index contributed by atoms with van der Waals surface area (Å²) in [6, 6.07) is 9.99. The van der Waals surface area contributed by atoms with E-state index < -0.39 is 12.0 Å². The maximum absolute atomic E-state index is 12.4. The average molecular weight is 1080 g/mol. The first-order chi connectivity index (χ1) is 36.8. The lowest BCUT2D eigenvalue weighted by Gasteiger charge is -2.60. The summed E-state index contributed by atoms with van der Waals surface area (Å²) in [5.41, 5.74) is 13.3. The van der Waals surface area contributed by atoms with Crippen LogP contribution in [0.2, 0.25) is 0 Å². The first kappa shape index (κ1) is 56.9. The van der Waals surface area contributed by atoms with E-state index in [1.807, 2.05) is 68.3 Å². The summed E-state index contributed by atoms with van der Waals surface area (Å²) in [5, 5.41) is 14.9. The lowest BCUT2D eigenvalue weighted by atomic mass is 9.73. The summed E-state index contributed by atoms with van der Waals surface area (Å²) < 4.78 is 17.9. The minimum absolute atomic E-state index is 0.0463. The summed E-state index contributed by atoms with van der Waals surface area (Å²) in [4.78, 5) is 89.8. The topological polar surface area (TPSA) is 278 Å². The maximum atomic E-state index is 12.4. The van der Waals surface area contributed by atoms with Gasteiger partial charge < -0.3 is 54.7 Å². The summed E-state index contributed by atoms with van der Waals surface area (Å²) in [6.45, 7) is 18.5. The van der Waals surface area contributed by atoms with Gasteiger partial charge in [0.2, 0.25) is 24.1 Å². The second kappa shape index (κ2) is 25.8. The molecule has 3 saturated heterocycles. The molecule has 5 aromatic heterocycles. The molecule has 1 unspecified atom stereocenters. The van der Waals surface area contributed by atoms with E-state index >= 15 is 0 Å². The smallest absolute Gasteiger partial charge is 0.414 e. The fraction of sp³-hybridized carbons (Fsp3) is 0.453. The number of carbonyl (C=O) groups excluding carboxylic acids is 5. The number of aldehydes is 1. The number of pyridine rings is 1. The zero-order valence-electron chi connectivity index (χ0n) is 44.5. The Labute approximate surface area is 451 Å². The number of aliphatic hydroxyl groups excluding tert-OH is 1. The SMILES string of the molecule is CC(C)(C)CC(=O)N1CCC(O)C1.CNc1cn2cc(-c3cnc4c(c3)N(C(=O)OC(C)C)CCO4)ncc2n1.Cc1ncsc1-c1ccc(CNC=O)cc1.NC(=O)COc1cnc(N2CC3(CN(CC=O)C3)C2)nc1. The highest BCUT2D eigenvalue weighted by molar-refractivity contribution is 7.13. The van der Waals surface area contributed by atoms with Gasteiger partial charge in [-0.1, -0.05) is 45.0 Å². The van der Waals surface area contributed by atoms with E-state index in [-0.39, 0.29) is 30.1 Å². The minimum Gasteiger partial charge on any atom is -0.481 e. The summed E-state index contributed by atoms with van der Waals surface area (Å²) in [6.07, 6.45) is 12.2. The number of thiazole rings is 1. The Morgan fingerprint density at radius 2 is 1.71 bits per heavy atom. The second-order valence-corrected chi connectivity index (χ2v) is 21.4. The Bertz CT molecular complexity index is 2950. The molecule has 5 N–H and O–H groups in total. The van der Waals surface area contributed by atoms with Gasteiger partial charge in [0.15, 0.2) is 18.0 Å². The van der Waals surface area contributed by atoms with Gasteiger partial charge in [-0.2, -0.15) is 0 Å². The van der Waals surface area contributed by atoms with Crippen LogP contribution in [0.15, 0.2) is 73.0 Å². The van der Waals surface area contributed by atoms with E-state index in [2.05, 4.69) is 83.2 Å². The zero-order chi connectivity index (χ0) is 55.3. The molecule has 4 aliphatic rings. The first-order valence-corrected chi connectivity index (χ1v) is 26.1. The molecule has 10 rings (SSSR count). The standard InChI is InChI=1S/C18H20N6O3.C13H17N5O3.C12H12N2OS.C10H19NO2/c1-11(2)27-18(25)24-4-5-26-17-14(24)6-12(7-21-17)13-9-23-10-15(19-3)22-16(23)8-20-13;14-11(20)5-21-10-3-15-12(16-4-10)18-8-13(9-18)6-17(7-13)1-2-19;1-9-12(16-8-14-9)11-4-2-10(3-5-11)6-13-7-15;1-10(2,3)6-9(13)11-5-4-8(12)7-11/h6-11,19H,4-5H2,1-3H3;2-4H,1,5-9H2,(H2,14,20);2-5,7-8H,6H2,1H3,(H,13,15);8,12H,4-7H2,1-3H3. The van der Waals surface area contributed by atoms with Crippen LogP contribution in [0.4, 0.5) is 22.2 Å². The fourth-order valence-corrected chi connectivity index (χ4v) is 9.66. The number of anilines is 3. The molecule has 23 nitrogen and oxygen atoms in total. The molecule has 77 heavy (non-hydrogen) atoms. The number of β-amino-alcohol motifs (C(OH)–C–C–N with tert-alkyl or cyclic N) is 1. The summed E-state index contributed by atoms with van der Waals surface area (Å²) in [5.74, 6) is 1.88. The van der Waals surface area contributed by atoms with E-state index in [4.69, 9.17) is 19.9 Å². The van der Waals surface area contributed by atoms with Gasteiger partial charge in [0.25, 0.3) is 5.91 Å². The Morgan fingerprint density at radius 3 is 2.32 bits per heavy atom. The van der Waals surface area contributed by atoms with Crippen molar-refractivity contribution < 1.29 is 43.3 Å². The Hall–Kier alpha value is -7.83. The van der Waals surface area contributed by atoms with E-state index in [1.165, 1.54) is 22.8 Å². The third-order valence-corrected chi connectivity index (χ3v) is 13.4. The Morgan fingerprint density at radius 1 is 0.974 bits per heavy atom. The molecule has 9 heterocycles. The van der Waals surface area contributed by atoms with Crippen LogP contribution in [-0.4, -0.2) is 165 Å². The van der Waals surface area contributed by atoms with E-state index in [0.717, 1.165) is 73.7 Å². The maximum Gasteiger partial charge on any atom is 0.414 e. The molecule has 3 fully saturated rings. The molecule has 1 aromatic carbocycles. The van der Waals surface area contributed by atoms with E-state index in [1.54, 1.807) is 33.5 Å². The number of aliphatic hydroxyl groups is 1. The van der Waals surface area contributed by atoms with Crippen molar-refractivity contribution in [3.63, 3.8) is 0 Å². The lowest BCUT2D eigenvalue weighted by molar-refractivity contribution is -0.132. The van der Waals surface area contributed by atoms with Crippen molar-refractivity contribution in [1.82, 2.24) is 49.4 Å². The number of carbonyl (C=O) groups is 5. The van der Waals surface area contributed by atoms with Gasteiger partial charge in [-0.15, -0.1) is 11.3 Å². The predicted octanol–water partition coefficient (Wildman–Crippen LogP) is 4.62. The number of likely N-dealkylation sites (tertiary alicyclic amines) is 2. The number of nitrogens with one attached hydrogen (secondary N) is 2. The number of primary amides is 1. The third kappa shape index (κ3) is 15.6. The highest BCUT2D eigenvalue weighted by Gasteiger charge is 2.52. The predicted molar refractivity (Wildman–Crippen MR) is 291 cm³/mol. The van der Waals surface area contributed by atoms with Crippen molar-refractivity contribution in [3.8, 4) is 33.3 Å². The molecule has 0 aliphatic carbocycles. The lowest BCUT2D eigenvalue weighted by Crippen LogP contribution is -2.72. The van der Waals surface area contributed by atoms with Crippen molar-refractivity contribution >= 4 is 65.0 Å². The van der Waals surface area contributed by atoms with Gasteiger partial charge in [0.1, 0.15) is 24.4 Å². The highest BCUT2D eigenvalue weighted by Crippen LogP contribution is 2.41. The number of hydrogen-bond donors (Lipinski definition) is 4. The monoisotopic (exact) mass is 1080 g/mol. The number of nitrogens with two attached hydrogens (primary N) is 1. The van der Waals surface area contributed by atoms with Crippen LogP contribution in [0.1, 0.15) is 58.7 Å². The van der Waals surface area contributed by atoms with Crippen LogP contribution >= 0.6 is 11.3 Å². The van der Waals surface area contributed by atoms with Gasteiger partial charge in [0, 0.05) is 82.7 Å². The number of fused-ring (bicyclic) bond motifs is 2. The number of benzene rings is 1. The summed E-state index contributed by atoms with van der Waals surface area (Å²) >= 11 is 1.64. The van der Waals surface area contributed by atoms with Crippen molar-refractivity contribution in [2.24, 2.45) is 16.6 Å². The van der Waals surface area contributed by atoms with Gasteiger partial charge in [0.05, 0.1) is 71.9 Å². The van der Waals surface area contributed by atoms with Gasteiger partial charge in [-0.3, -0.25) is 29.2 Å². The second-order valence-electron chi connectivity index (χ2n) is 20.5.